The number of aromatic nitrogens is 1. The molecule has 0 aliphatic heterocycles. The van der Waals surface area contributed by atoms with Crippen LogP contribution in [0.15, 0.2) is 47.5 Å². The molecule has 1 aromatic heterocycles. The first-order valence-corrected chi connectivity index (χ1v) is 20.0. The molecule has 0 bridgehead atoms. The largest absolute Gasteiger partial charge is 0.466 e. The van der Waals surface area contributed by atoms with E-state index in [1.54, 1.807) is 33.0 Å². The molecule has 1 N–H and O–H groups in total. The highest BCUT2D eigenvalue weighted by Crippen LogP contribution is 2.31. The van der Waals surface area contributed by atoms with Gasteiger partial charge in [-0.25, -0.2) is 17.2 Å². The highest BCUT2D eigenvalue weighted by atomic mass is 32.2. The Kier molecular flexibility index (Phi) is 10.6. The number of benzene rings is 2. The molecule has 10 heteroatoms. The molecule has 3 rings (SSSR count). The third kappa shape index (κ3) is 9.19. The number of hydrogen-bond acceptors (Lipinski definition) is 6. The summed E-state index contributed by atoms with van der Waals surface area (Å²) in [6, 6.07) is 11.5. The van der Waals surface area contributed by atoms with Gasteiger partial charge in [0.2, 0.25) is 0 Å². The number of nitrogens with zero attached hydrogens (tertiary/aromatic N) is 1. The van der Waals surface area contributed by atoms with Crippen LogP contribution in [0.3, 0.4) is 0 Å². The molecule has 1 amide bonds. The number of ether oxygens (including phenoxy) is 2. The van der Waals surface area contributed by atoms with Gasteiger partial charge in [0.15, 0.2) is 0 Å². The summed E-state index contributed by atoms with van der Waals surface area (Å²) in [5.41, 5.74) is 2.98. The smallest absolute Gasteiger partial charge is 0.407 e. The molecule has 0 saturated heterocycles. The van der Waals surface area contributed by atoms with Crippen LogP contribution in [0.2, 0.25) is 25.7 Å². The fourth-order valence-electron chi connectivity index (χ4n) is 5.35. The third-order valence-corrected chi connectivity index (χ3v) is 10.9. The number of rotatable bonds is 11. The minimum atomic E-state index is -3.93. The number of hydrogen-bond donors (Lipinski definition) is 1. The van der Waals surface area contributed by atoms with Gasteiger partial charge in [-0.1, -0.05) is 55.5 Å². The lowest BCUT2D eigenvalue weighted by Crippen LogP contribution is -2.39. The van der Waals surface area contributed by atoms with Gasteiger partial charge in [0, 0.05) is 25.7 Å². The van der Waals surface area contributed by atoms with E-state index >= 15 is 0 Å². The average molecular weight is 629 g/mol. The zero-order valence-electron chi connectivity index (χ0n) is 27.3. The average Bonchev–Trinajstić information content (AvgIpc) is 3.20. The van der Waals surface area contributed by atoms with E-state index in [9.17, 15) is 18.0 Å². The van der Waals surface area contributed by atoms with Crippen LogP contribution in [0.4, 0.5) is 4.79 Å². The zero-order valence-corrected chi connectivity index (χ0v) is 29.1. The number of fused-ring (bicyclic) bond motifs is 1. The molecular weight excluding hydrogens is 581 g/mol. The van der Waals surface area contributed by atoms with Crippen LogP contribution in [-0.4, -0.2) is 50.8 Å². The van der Waals surface area contributed by atoms with Gasteiger partial charge in [0.25, 0.3) is 10.0 Å². The van der Waals surface area contributed by atoms with E-state index in [-0.39, 0.29) is 23.3 Å². The van der Waals surface area contributed by atoms with E-state index in [4.69, 9.17) is 9.47 Å². The van der Waals surface area contributed by atoms with Crippen LogP contribution in [-0.2, 0) is 30.7 Å². The van der Waals surface area contributed by atoms with E-state index < -0.39 is 35.7 Å². The standard InChI is InChI=1S/C33H48N2O6SSi/c1-22-17-23(2)30(24(3)18-22)42(38,39)35-21-27(28-13-11-12-14-29(28)35)20-26(31(36)40-15-16-43(8,9)10)19-25(4)34-32(37)41-33(5,6)7/h11-14,17-18,21,25-26H,15-16,19-20H2,1-10H3,(H,34,37)/t25-,26-/m1/s1. The minimum Gasteiger partial charge on any atom is -0.466 e. The van der Waals surface area contributed by atoms with Crippen LogP contribution < -0.4 is 5.32 Å². The van der Waals surface area contributed by atoms with Gasteiger partial charge in [-0.3, -0.25) is 4.79 Å². The SMILES string of the molecule is Cc1cc(C)c(S(=O)(=O)n2cc(C[C@@H](C[C@@H](C)NC(=O)OC(C)(C)C)C(=O)OCC[Si](C)(C)C)c3ccccc32)c(C)c1. The van der Waals surface area contributed by atoms with Gasteiger partial charge in [-0.2, -0.15) is 0 Å². The quantitative estimate of drug-likeness (QED) is 0.179. The van der Waals surface area contributed by atoms with E-state index in [1.807, 2.05) is 58.0 Å². The van der Waals surface area contributed by atoms with Crippen molar-refractivity contribution in [1.82, 2.24) is 9.29 Å². The number of para-hydroxylation sites is 1. The summed E-state index contributed by atoms with van der Waals surface area (Å²) >= 11 is 0. The van der Waals surface area contributed by atoms with Gasteiger partial charge >= 0.3 is 12.1 Å². The second-order valence-corrected chi connectivity index (χ2v) is 21.2. The molecule has 0 fully saturated rings. The van der Waals surface area contributed by atoms with Crippen molar-refractivity contribution >= 4 is 41.1 Å². The van der Waals surface area contributed by atoms with Crippen molar-refractivity contribution in [2.45, 2.75) is 104 Å². The maximum absolute atomic E-state index is 14.1. The van der Waals surface area contributed by atoms with Gasteiger partial charge in [0.05, 0.1) is 22.9 Å². The predicted octanol–water partition coefficient (Wildman–Crippen LogP) is 7.15. The highest BCUT2D eigenvalue weighted by Gasteiger charge is 2.30. The van der Waals surface area contributed by atoms with Crippen molar-refractivity contribution in [3.05, 3.63) is 64.8 Å². The fourth-order valence-corrected chi connectivity index (χ4v) is 7.88. The first-order valence-electron chi connectivity index (χ1n) is 14.9. The maximum Gasteiger partial charge on any atom is 0.407 e. The fraction of sp³-hybridized carbons (Fsp3) is 0.515. The lowest BCUT2D eigenvalue weighted by atomic mass is 9.93. The Morgan fingerprint density at radius 2 is 1.63 bits per heavy atom. The molecule has 0 spiro atoms. The Hall–Kier alpha value is -3.11. The van der Waals surface area contributed by atoms with E-state index in [0.717, 1.165) is 22.6 Å². The monoisotopic (exact) mass is 628 g/mol. The highest BCUT2D eigenvalue weighted by molar-refractivity contribution is 7.90. The number of alkyl carbamates (subject to hydrolysis) is 1. The summed E-state index contributed by atoms with van der Waals surface area (Å²) < 4.78 is 40.7. The topological polar surface area (TPSA) is 104 Å². The molecule has 8 nitrogen and oxygen atoms in total. The van der Waals surface area contributed by atoms with Crippen molar-refractivity contribution < 1.29 is 27.5 Å². The number of esters is 1. The van der Waals surface area contributed by atoms with Crippen LogP contribution in [0.5, 0.6) is 0 Å². The van der Waals surface area contributed by atoms with Crippen molar-refractivity contribution in [2.24, 2.45) is 5.92 Å². The molecule has 0 radical (unpaired) electrons. The first-order chi connectivity index (χ1) is 19.8. The number of nitrogens with one attached hydrogen (secondary N) is 1. The molecule has 0 unspecified atom stereocenters. The molecule has 3 aromatic rings. The molecule has 43 heavy (non-hydrogen) atoms. The summed E-state index contributed by atoms with van der Waals surface area (Å²) in [6.07, 6.45) is 1.62. The minimum absolute atomic E-state index is 0.251. The molecule has 0 aliphatic rings. The third-order valence-electron chi connectivity index (χ3n) is 7.18. The maximum atomic E-state index is 14.1. The first kappa shape index (κ1) is 34.4. The second-order valence-electron chi connectivity index (χ2n) is 13.9. The molecule has 0 saturated carbocycles. The van der Waals surface area contributed by atoms with Crippen LogP contribution >= 0.6 is 0 Å². The number of carbonyl (C=O) groups is 2. The Balaban J connectivity index is 2.00. The Morgan fingerprint density at radius 3 is 2.21 bits per heavy atom. The second kappa shape index (κ2) is 13.3. The van der Waals surface area contributed by atoms with Crippen LogP contribution in [0, 0.1) is 26.7 Å². The van der Waals surface area contributed by atoms with Crippen molar-refractivity contribution in [2.75, 3.05) is 6.61 Å². The Labute approximate surface area is 258 Å². The van der Waals surface area contributed by atoms with E-state index in [0.29, 0.717) is 29.7 Å². The van der Waals surface area contributed by atoms with Crippen molar-refractivity contribution in [3.63, 3.8) is 0 Å². The summed E-state index contributed by atoms with van der Waals surface area (Å²) in [4.78, 5) is 26.2. The molecule has 0 aliphatic carbocycles. The summed E-state index contributed by atoms with van der Waals surface area (Å²) in [5, 5.41) is 3.58. The summed E-state index contributed by atoms with van der Waals surface area (Å²) in [5.74, 6) is -0.975. The molecular formula is C33H48N2O6SSi. The normalized spacial score (nSPS) is 13.9. The van der Waals surface area contributed by atoms with E-state index in [2.05, 4.69) is 25.0 Å². The van der Waals surface area contributed by atoms with Gasteiger partial charge in [0.1, 0.15) is 5.60 Å². The molecule has 1 heterocycles. The van der Waals surface area contributed by atoms with Gasteiger partial charge in [-0.15, -0.1) is 0 Å². The number of amides is 1. The number of aryl methyl sites for hydroxylation is 3. The Morgan fingerprint density at radius 1 is 1.02 bits per heavy atom. The lowest BCUT2D eigenvalue weighted by Gasteiger charge is -2.24. The van der Waals surface area contributed by atoms with Crippen molar-refractivity contribution in [1.29, 1.82) is 0 Å². The summed E-state index contributed by atoms with van der Waals surface area (Å²) in [6.45, 7) is 19.8. The van der Waals surface area contributed by atoms with Gasteiger partial charge in [-0.05, 0) is 90.1 Å². The lowest BCUT2D eigenvalue weighted by molar-refractivity contribution is -0.148. The number of carbonyl (C=O) groups excluding carboxylic acids is 2. The summed E-state index contributed by atoms with van der Waals surface area (Å²) in [7, 11) is -5.36. The molecule has 236 valence electrons. The predicted molar refractivity (Wildman–Crippen MR) is 175 cm³/mol. The van der Waals surface area contributed by atoms with Crippen LogP contribution in [0.1, 0.15) is 56.4 Å². The molecule has 2 aromatic carbocycles. The molecule has 2 atom stereocenters. The van der Waals surface area contributed by atoms with Gasteiger partial charge < -0.3 is 14.8 Å². The van der Waals surface area contributed by atoms with Crippen molar-refractivity contribution in [3.8, 4) is 0 Å². The zero-order chi connectivity index (χ0) is 32.3. The van der Waals surface area contributed by atoms with E-state index in [1.165, 1.54) is 3.97 Å². The van der Waals surface area contributed by atoms with Crippen LogP contribution in [0.25, 0.3) is 10.9 Å². The Bertz CT molecular complexity index is 1560.